The fourth-order valence-corrected chi connectivity index (χ4v) is 4.82. The maximum absolute atomic E-state index is 13.4. The van der Waals surface area contributed by atoms with Crippen LogP contribution in [0, 0.1) is 0 Å². The Morgan fingerprint density at radius 3 is 2.63 bits per heavy atom. The van der Waals surface area contributed by atoms with Gasteiger partial charge in [-0.05, 0) is 30.3 Å². The van der Waals surface area contributed by atoms with Crippen molar-refractivity contribution >= 4 is 55.8 Å². The number of benzene rings is 2. The average Bonchev–Trinajstić information content (AvgIpc) is 3.16. The summed E-state index contributed by atoms with van der Waals surface area (Å²) in [6.45, 7) is 4.34. The van der Waals surface area contributed by atoms with Gasteiger partial charge in [0, 0.05) is 47.9 Å². The normalized spacial score (nSPS) is 14.8. The Bertz CT molecular complexity index is 1030. The zero-order chi connectivity index (χ0) is 21.1. The van der Waals surface area contributed by atoms with E-state index >= 15 is 0 Å². The Morgan fingerprint density at radius 1 is 1.20 bits per heavy atom. The highest BCUT2D eigenvalue weighted by Gasteiger charge is 2.23. The number of rotatable bonds is 6. The van der Waals surface area contributed by atoms with E-state index in [9.17, 15) is 4.79 Å². The SMILES string of the molecule is COc1ccc2sc(N(CCN3CCOCC3)C(=O)c3cc(Cl)cc(Cl)c3)nc2c1. The molecule has 0 radical (unpaired) electrons. The number of carbonyl (C=O) groups is 1. The molecule has 1 aliphatic heterocycles. The monoisotopic (exact) mass is 465 g/mol. The fraction of sp³-hybridized carbons (Fsp3) is 0.333. The van der Waals surface area contributed by atoms with Crippen LogP contribution in [-0.4, -0.2) is 62.3 Å². The van der Waals surface area contributed by atoms with Crippen LogP contribution in [0.2, 0.25) is 10.0 Å². The number of carbonyl (C=O) groups excluding carboxylic acids is 1. The summed E-state index contributed by atoms with van der Waals surface area (Å²) in [6.07, 6.45) is 0. The summed E-state index contributed by atoms with van der Waals surface area (Å²) in [5.41, 5.74) is 1.23. The molecule has 0 aliphatic carbocycles. The lowest BCUT2D eigenvalue weighted by atomic mass is 10.2. The number of thiazole rings is 1. The second kappa shape index (κ2) is 9.49. The van der Waals surface area contributed by atoms with Crippen LogP contribution < -0.4 is 9.64 Å². The zero-order valence-corrected chi connectivity index (χ0v) is 18.8. The molecular weight excluding hydrogens is 445 g/mol. The van der Waals surface area contributed by atoms with Crippen LogP contribution >= 0.6 is 34.5 Å². The van der Waals surface area contributed by atoms with E-state index in [1.54, 1.807) is 30.2 Å². The number of hydrogen-bond acceptors (Lipinski definition) is 6. The third-order valence-corrected chi connectivity index (χ3v) is 6.41. The molecule has 0 bridgehead atoms. The van der Waals surface area contributed by atoms with Gasteiger partial charge in [-0.15, -0.1) is 0 Å². The first-order valence-electron chi connectivity index (χ1n) is 9.56. The minimum atomic E-state index is -0.182. The first kappa shape index (κ1) is 21.3. The van der Waals surface area contributed by atoms with Gasteiger partial charge in [-0.2, -0.15) is 0 Å². The molecule has 30 heavy (non-hydrogen) atoms. The van der Waals surface area contributed by atoms with Crippen molar-refractivity contribution in [3.63, 3.8) is 0 Å². The van der Waals surface area contributed by atoms with Gasteiger partial charge in [-0.25, -0.2) is 4.98 Å². The summed E-state index contributed by atoms with van der Waals surface area (Å²) in [6, 6.07) is 10.6. The molecular formula is C21H21Cl2N3O3S. The Morgan fingerprint density at radius 2 is 1.93 bits per heavy atom. The average molecular weight is 466 g/mol. The number of anilines is 1. The van der Waals surface area contributed by atoms with Crippen molar-refractivity contribution in [3.8, 4) is 5.75 Å². The van der Waals surface area contributed by atoms with E-state index in [-0.39, 0.29) is 5.91 Å². The highest BCUT2D eigenvalue weighted by atomic mass is 35.5. The lowest BCUT2D eigenvalue weighted by Gasteiger charge is -2.29. The number of fused-ring (bicyclic) bond motifs is 1. The van der Waals surface area contributed by atoms with Crippen LogP contribution in [0.15, 0.2) is 36.4 Å². The molecule has 3 aromatic rings. The predicted molar refractivity (Wildman–Crippen MR) is 122 cm³/mol. The van der Waals surface area contributed by atoms with E-state index < -0.39 is 0 Å². The summed E-state index contributed by atoms with van der Waals surface area (Å²) >= 11 is 13.7. The highest BCUT2D eigenvalue weighted by molar-refractivity contribution is 7.22. The van der Waals surface area contributed by atoms with Crippen LogP contribution in [0.25, 0.3) is 10.2 Å². The molecule has 0 spiro atoms. The van der Waals surface area contributed by atoms with Crippen LogP contribution in [0.1, 0.15) is 10.4 Å². The van der Waals surface area contributed by atoms with Crippen molar-refractivity contribution in [2.24, 2.45) is 0 Å². The summed E-state index contributed by atoms with van der Waals surface area (Å²) in [4.78, 5) is 22.1. The molecule has 158 valence electrons. The maximum Gasteiger partial charge on any atom is 0.260 e. The van der Waals surface area contributed by atoms with E-state index in [0.29, 0.717) is 40.5 Å². The Hall–Kier alpha value is -1.90. The number of ether oxygens (including phenoxy) is 2. The van der Waals surface area contributed by atoms with Gasteiger partial charge in [0.25, 0.3) is 5.91 Å². The van der Waals surface area contributed by atoms with E-state index in [1.165, 1.54) is 11.3 Å². The molecule has 0 saturated carbocycles. The van der Waals surface area contributed by atoms with Crippen molar-refractivity contribution in [2.75, 3.05) is 51.4 Å². The summed E-state index contributed by atoms with van der Waals surface area (Å²) in [5.74, 6) is 0.547. The highest BCUT2D eigenvalue weighted by Crippen LogP contribution is 2.32. The van der Waals surface area contributed by atoms with Gasteiger partial charge in [0.15, 0.2) is 5.13 Å². The molecule has 2 heterocycles. The predicted octanol–water partition coefficient (Wildman–Crippen LogP) is 4.59. The van der Waals surface area contributed by atoms with E-state index in [4.69, 9.17) is 37.7 Å². The molecule has 1 amide bonds. The van der Waals surface area contributed by atoms with Crippen LogP contribution in [-0.2, 0) is 4.74 Å². The minimum absolute atomic E-state index is 0.182. The maximum atomic E-state index is 13.4. The number of amides is 1. The van der Waals surface area contributed by atoms with Crippen LogP contribution in [0.4, 0.5) is 5.13 Å². The lowest BCUT2D eigenvalue weighted by Crippen LogP contribution is -2.43. The molecule has 1 saturated heterocycles. The zero-order valence-electron chi connectivity index (χ0n) is 16.4. The van der Waals surface area contributed by atoms with E-state index in [1.807, 2.05) is 18.2 Å². The van der Waals surface area contributed by atoms with Gasteiger partial charge in [0.05, 0.1) is 30.5 Å². The van der Waals surface area contributed by atoms with E-state index in [2.05, 4.69) is 4.90 Å². The van der Waals surface area contributed by atoms with Gasteiger partial charge >= 0.3 is 0 Å². The topological polar surface area (TPSA) is 54.9 Å². The molecule has 2 aromatic carbocycles. The van der Waals surface area contributed by atoms with Gasteiger partial charge in [0.1, 0.15) is 5.75 Å². The van der Waals surface area contributed by atoms with Gasteiger partial charge in [-0.1, -0.05) is 34.5 Å². The van der Waals surface area contributed by atoms with Crippen molar-refractivity contribution in [1.82, 2.24) is 9.88 Å². The molecule has 0 N–H and O–H groups in total. The molecule has 0 atom stereocenters. The number of morpholine rings is 1. The van der Waals surface area contributed by atoms with Crippen LogP contribution in [0.5, 0.6) is 5.75 Å². The number of methoxy groups -OCH3 is 1. The van der Waals surface area contributed by atoms with E-state index in [0.717, 1.165) is 35.6 Å². The number of halogens is 2. The quantitative estimate of drug-likeness (QED) is 0.532. The fourth-order valence-electron chi connectivity index (χ4n) is 3.32. The second-order valence-corrected chi connectivity index (χ2v) is 8.78. The standard InChI is InChI=1S/C21H21Cl2N3O3S/c1-28-17-2-3-19-18(13-17)24-21(30-19)26(5-4-25-6-8-29-9-7-25)20(27)14-10-15(22)12-16(23)11-14/h2-3,10-13H,4-9H2,1H3. The molecule has 1 aromatic heterocycles. The molecule has 0 unspecified atom stereocenters. The summed E-state index contributed by atoms with van der Waals surface area (Å²) < 4.78 is 11.7. The van der Waals surface area contributed by atoms with Crippen molar-refractivity contribution in [2.45, 2.75) is 0 Å². The van der Waals surface area contributed by atoms with Crippen molar-refractivity contribution in [3.05, 3.63) is 52.0 Å². The molecule has 1 aliphatic rings. The Kier molecular flexibility index (Phi) is 6.75. The van der Waals surface area contributed by atoms with Gasteiger partial charge in [-0.3, -0.25) is 14.6 Å². The first-order chi connectivity index (χ1) is 14.5. The van der Waals surface area contributed by atoms with Gasteiger partial charge in [0.2, 0.25) is 0 Å². The summed E-state index contributed by atoms with van der Waals surface area (Å²) in [7, 11) is 1.62. The van der Waals surface area contributed by atoms with Crippen LogP contribution in [0.3, 0.4) is 0 Å². The minimum Gasteiger partial charge on any atom is -0.497 e. The Balaban J connectivity index is 1.66. The van der Waals surface area contributed by atoms with Crippen molar-refractivity contribution < 1.29 is 14.3 Å². The number of nitrogens with zero attached hydrogens (tertiary/aromatic N) is 3. The van der Waals surface area contributed by atoms with Gasteiger partial charge < -0.3 is 9.47 Å². The molecule has 6 nitrogen and oxygen atoms in total. The first-order valence-corrected chi connectivity index (χ1v) is 11.1. The third kappa shape index (κ3) is 4.87. The largest absolute Gasteiger partial charge is 0.497 e. The van der Waals surface area contributed by atoms with Crippen molar-refractivity contribution in [1.29, 1.82) is 0 Å². The Labute approximate surface area is 188 Å². The number of aromatic nitrogens is 1. The lowest BCUT2D eigenvalue weighted by molar-refractivity contribution is 0.0391. The summed E-state index contributed by atoms with van der Waals surface area (Å²) in [5, 5.41) is 1.48. The molecule has 1 fully saturated rings. The molecule has 4 rings (SSSR count). The number of hydrogen-bond donors (Lipinski definition) is 0. The third-order valence-electron chi connectivity index (χ3n) is 4.91. The molecule has 9 heteroatoms. The smallest absolute Gasteiger partial charge is 0.260 e. The second-order valence-electron chi connectivity index (χ2n) is 6.90.